The minimum absolute atomic E-state index is 0.204. The van der Waals surface area contributed by atoms with Gasteiger partial charge < -0.3 is 14.7 Å². The summed E-state index contributed by atoms with van der Waals surface area (Å²) in [6.45, 7) is 1.92. The van der Waals surface area contributed by atoms with Gasteiger partial charge in [0.1, 0.15) is 11.4 Å². The van der Waals surface area contributed by atoms with E-state index in [0.717, 1.165) is 45.6 Å². The van der Waals surface area contributed by atoms with Gasteiger partial charge in [0.05, 0.1) is 17.1 Å². The van der Waals surface area contributed by atoms with Crippen LogP contribution in [0.15, 0.2) is 52.9 Å². The molecule has 0 saturated carbocycles. The molecule has 0 aliphatic heterocycles. The molecule has 1 atom stereocenters. The highest BCUT2D eigenvalue weighted by Crippen LogP contribution is 2.26. The van der Waals surface area contributed by atoms with Crippen molar-refractivity contribution < 1.29 is 9.21 Å². The number of nitrogens with zero attached hydrogens (tertiary/aromatic N) is 1. The van der Waals surface area contributed by atoms with Gasteiger partial charge in [-0.2, -0.15) is 11.8 Å². The fraction of sp³-hybridized carbons (Fsp3) is 0.238. The van der Waals surface area contributed by atoms with Crippen molar-refractivity contribution in [2.75, 3.05) is 12.0 Å². The van der Waals surface area contributed by atoms with Crippen molar-refractivity contribution in [3.8, 4) is 0 Å². The molecule has 0 bridgehead atoms. The second kappa shape index (κ2) is 7.48. The van der Waals surface area contributed by atoms with Crippen molar-refractivity contribution in [2.24, 2.45) is 0 Å². The minimum atomic E-state index is -0.213. The van der Waals surface area contributed by atoms with Gasteiger partial charge in [-0.25, -0.2) is 4.98 Å². The molecule has 0 aliphatic carbocycles. The van der Waals surface area contributed by atoms with Gasteiger partial charge in [0.25, 0.3) is 5.91 Å². The first-order chi connectivity index (χ1) is 13.2. The molecule has 0 saturated heterocycles. The van der Waals surface area contributed by atoms with Crippen LogP contribution < -0.4 is 5.32 Å². The van der Waals surface area contributed by atoms with E-state index in [1.54, 1.807) is 11.8 Å². The average molecular weight is 379 g/mol. The third-order valence-electron chi connectivity index (χ3n) is 4.70. The number of H-pyrrole nitrogens is 1. The summed E-state index contributed by atoms with van der Waals surface area (Å²) in [6, 6.07) is 15.4. The molecule has 2 heterocycles. The Bertz CT molecular complexity index is 1070. The molecule has 27 heavy (non-hydrogen) atoms. The monoisotopic (exact) mass is 379 g/mol. The van der Waals surface area contributed by atoms with Crippen LogP contribution in [0.5, 0.6) is 0 Å². The lowest BCUT2D eigenvalue weighted by atomic mass is 10.1. The van der Waals surface area contributed by atoms with E-state index in [4.69, 9.17) is 4.42 Å². The number of amides is 1. The summed E-state index contributed by atoms with van der Waals surface area (Å²) in [5.41, 5.74) is 3.45. The summed E-state index contributed by atoms with van der Waals surface area (Å²) >= 11 is 1.74. The van der Waals surface area contributed by atoms with Crippen molar-refractivity contribution in [2.45, 2.75) is 19.4 Å². The number of para-hydroxylation sites is 3. The molecule has 0 unspecified atom stereocenters. The lowest BCUT2D eigenvalue weighted by Gasteiger charge is -2.15. The fourth-order valence-corrected chi connectivity index (χ4v) is 3.74. The van der Waals surface area contributed by atoms with Crippen LogP contribution in [0.25, 0.3) is 22.0 Å². The molecule has 0 fully saturated rings. The van der Waals surface area contributed by atoms with Crippen LogP contribution in [0.2, 0.25) is 0 Å². The molecule has 138 valence electrons. The van der Waals surface area contributed by atoms with Crippen molar-refractivity contribution >= 4 is 39.7 Å². The van der Waals surface area contributed by atoms with Crippen LogP contribution >= 0.6 is 11.8 Å². The van der Waals surface area contributed by atoms with Gasteiger partial charge in [-0.05, 0) is 43.6 Å². The molecule has 2 aromatic heterocycles. The van der Waals surface area contributed by atoms with Crippen LogP contribution in [0, 0.1) is 6.92 Å². The van der Waals surface area contributed by atoms with Crippen molar-refractivity contribution in [1.82, 2.24) is 15.3 Å². The summed E-state index contributed by atoms with van der Waals surface area (Å²) in [5.74, 6) is 1.84. The number of aryl methyl sites for hydroxylation is 1. The third kappa shape index (κ3) is 3.45. The maximum Gasteiger partial charge on any atom is 0.287 e. The molecule has 4 rings (SSSR count). The van der Waals surface area contributed by atoms with Crippen LogP contribution in [0.1, 0.15) is 34.4 Å². The Morgan fingerprint density at radius 1 is 1.22 bits per heavy atom. The van der Waals surface area contributed by atoms with E-state index in [9.17, 15) is 4.79 Å². The van der Waals surface area contributed by atoms with E-state index in [0.29, 0.717) is 5.76 Å². The normalized spacial score (nSPS) is 12.5. The lowest BCUT2D eigenvalue weighted by Crippen LogP contribution is -2.30. The Labute approximate surface area is 161 Å². The van der Waals surface area contributed by atoms with E-state index >= 15 is 0 Å². The molecule has 6 heteroatoms. The second-order valence-corrected chi connectivity index (χ2v) is 7.48. The van der Waals surface area contributed by atoms with E-state index in [1.807, 2.05) is 55.5 Å². The Balaban J connectivity index is 1.64. The highest BCUT2D eigenvalue weighted by Gasteiger charge is 2.23. The molecule has 2 N–H and O–H groups in total. The SMILES string of the molecule is CSCC[C@@H](NC(=O)c1oc2ccccc2c1C)c1nc2ccccc2[nH]1. The van der Waals surface area contributed by atoms with Crippen molar-refractivity contribution in [3.63, 3.8) is 0 Å². The molecule has 5 nitrogen and oxygen atoms in total. The van der Waals surface area contributed by atoms with E-state index in [1.165, 1.54) is 0 Å². The van der Waals surface area contributed by atoms with Crippen LogP contribution in [0.4, 0.5) is 0 Å². The topological polar surface area (TPSA) is 70.9 Å². The Kier molecular flexibility index (Phi) is 4.90. The molecular weight excluding hydrogens is 358 g/mol. The zero-order valence-corrected chi connectivity index (χ0v) is 16.1. The van der Waals surface area contributed by atoms with Crippen LogP contribution in [0.3, 0.4) is 0 Å². The molecule has 1 amide bonds. The smallest absolute Gasteiger partial charge is 0.287 e. The zero-order chi connectivity index (χ0) is 18.8. The summed E-state index contributed by atoms with van der Waals surface area (Å²) in [4.78, 5) is 20.9. The highest BCUT2D eigenvalue weighted by molar-refractivity contribution is 7.98. The maximum atomic E-state index is 12.9. The van der Waals surface area contributed by atoms with Gasteiger partial charge >= 0.3 is 0 Å². The Hall–Kier alpha value is -2.73. The molecule has 0 spiro atoms. The first-order valence-corrected chi connectivity index (χ1v) is 10.3. The average Bonchev–Trinajstić information content (AvgIpc) is 3.26. The van der Waals surface area contributed by atoms with Crippen molar-refractivity contribution in [3.05, 3.63) is 65.7 Å². The Morgan fingerprint density at radius 3 is 2.78 bits per heavy atom. The lowest BCUT2D eigenvalue weighted by molar-refractivity contribution is 0.0907. The number of nitrogens with one attached hydrogen (secondary N) is 2. The molecule has 2 aromatic carbocycles. The molecular formula is C21H21N3O2S. The van der Waals surface area contributed by atoms with E-state index < -0.39 is 0 Å². The van der Waals surface area contributed by atoms with Crippen LogP contribution in [-0.4, -0.2) is 27.9 Å². The molecule has 4 aromatic rings. The number of aromatic nitrogens is 2. The first kappa shape index (κ1) is 17.7. The number of imidazole rings is 1. The van der Waals surface area contributed by atoms with Gasteiger partial charge in [0.2, 0.25) is 0 Å². The number of fused-ring (bicyclic) bond motifs is 2. The van der Waals surface area contributed by atoms with Gasteiger partial charge in [0.15, 0.2) is 5.76 Å². The number of thioether (sulfide) groups is 1. The largest absolute Gasteiger partial charge is 0.451 e. The zero-order valence-electron chi connectivity index (χ0n) is 15.3. The number of benzene rings is 2. The third-order valence-corrected chi connectivity index (χ3v) is 5.35. The van der Waals surface area contributed by atoms with Crippen LogP contribution in [-0.2, 0) is 0 Å². The number of carbonyl (C=O) groups excluding carboxylic acids is 1. The number of carbonyl (C=O) groups is 1. The van der Waals surface area contributed by atoms with E-state index in [-0.39, 0.29) is 11.9 Å². The second-order valence-electron chi connectivity index (χ2n) is 6.50. The quantitative estimate of drug-likeness (QED) is 0.503. The molecule has 0 radical (unpaired) electrons. The number of hydrogen-bond acceptors (Lipinski definition) is 4. The first-order valence-electron chi connectivity index (χ1n) is 8.90. The predicted octanol–water partition coefficient (Wildman–Crippen LogP) is 4.84. The summed E-state index contributed by atoms with van der Waals surface area (Å²) in [7, 11) is 0. The minimum Gasteiger partial charge on any atom is -0.451 e. The standard InChI is InChI=1S/C21H21N3O2S/c1-13-14-7-3-6-10-18(14)26-19(13)21(25)24-17(11-12-27-2)20-22-15-8-4-5-9-16(15)23-20/h3-10,17H,11-12H2,1-2H3,(H,22,23)(H,24,25)/t17-/m1/s1. The Morgan fingerprint density at radius 2 is 2.00 bits per heavy atom. The number of furan rings is 1. The van der Waals surface area contributed by atoms with Crippen molar-refractivity contribution in [1.29, 1.82) is 0 Å². The van der Waals surface area contributed by atoms with Gasteiger partial charge in [-0.15, -0.1) is 0 Å². The number of rotatable bonds is 6. The summed E-state index contributed by atoms with van der Waals surface area (Å²) in [5, 5.41) is 4.07. The highest BCUT2D eigenvalue weighted by atomic mass is 32.2. The molecule has 0 aliphatic rings. The summed E-state index contributed by atoms with van der Waals surface area (Å²) < 4.78 is 5.81. The van der Waals surface area contributed by atoms with E-state index in [2.05, 4.69) is 21.5 Å². The van der Waals surface area contributed by atoms with Gasteiger partial charge in [0, 0.05) is 10.9 Å². The number of aromatic amines is 1. The fourth-order valence-electron chi connectivity index (χ4n) is 3.27. The van der Waals surface area contributed by atoms with Gasteiger partial charge in [-0.3, -0.25) is 4.79 Å². The predicted molar refractivity (Wildman–Crippen MR) is 110 cm³/mol. The summed E-state index contributed by atoms with van der Waals surface area (Å²) in [6.07, 6.45) is 2.84. The maximum absolute atomic E-state index is 12.9. The van der Waals surface area contributed by atoms with Gasteiger partial charge in [-0.1, -0.05) is 30.3 Å². The number of hydrogen-bond donors (Lipinski definition) is 2.